The molecule has 4 unspecified atom stereocenters. The fraction of sp³-hybridized carbons (Fsp3) is 1.00. The Bertz CT molecular complexity index is 200. The Labute approximate surface area is 94.8 Å². The molecule has 0 spiro atoms. The van der Waals surface area contributed by atoms with Crippen molar-refractivity contribution < 1.29 is 9.84 Å². The van der Waals surface area contributed by atoms with Crippen LogP contribution in [-0.2, 0) is 4.74 Å². The van der Waals surface area contributed by atoms with Crippen molar-refractivity contribution in [3.05, 3.63) is 0 Å². The van der Waals surface area contributed by atoms with Gasteiger partial charge in [-0.3, -0.25) is 0 Å². The van der Waals surface area contributed by atoms with Crippen LogP contribution in [0.2, 0.25) is 6.32 Å². The highest BCUT2D eigenvalue weighted by atomic mass is 16.5. The zero-order chi connectivity index (χ0) is 11.6. The molecule has 2 nitrogen and oxygen atoms in total. The van der Waals surface area contributed by atoms with Crippen molar-refractivity contribution in [2.45, 2.75) is 65.2 Å². The van der Waals surface area contributed by atoms with Gasteiger partial charge < -0.3 is 9.84 Å². The standard InChI is InChI=1S/C12H23BO2/c1-5-10-8(12(2,3)4)6-11(15-10)9(14)7-13/h8-11,14H,5-7H2,1-4H3. The first-order chi connectivity index (χ1) is 6.90. The minimum Gasteiger partial charge on any atom is -0.391 e. The lowest BCUT2D eigenvalue weighted by molar-refractivity contribution is -0.0360. The van der Waals surface area contributed by atoms with Crippen LogP contribution in [0.3, 0.4) is 0 Å². The first-order valence-corrected chi connectivity index (χ1v) is 5.93. The van der Waals surface area contributed by atoms with Crippen LogP contribution in [0.4, 0.5) is 0 Å². The van der Waals surface area contributed by atoms with Gasteiger partial charge in [0.25, 0.3) is 0 Å². The first kappa shape index (κ1) is 13.1. The van der Waals surface area contributed by atoms with Gasteiger partial charge >= 0.3 is 0 Å². The summed E-state index contributed by atoms with van der Waals surface area (Å²) in [5.74, 6) is 0.522. The van der Waals surface area contributed by atoms with Crippen molar-refractivity contribution in [3.8, 4) is 0 Å². The molecule has 86 valence electrons. The largest absolute Gasteiger partial charge is 0.391 e. The third-order valence-corrected chi connectivity index (χ3v) is 3.47. The highest BCUT2D eigenvalue weighted by molar-refractivity contribution is 6.08. The molecular weight excluding hydrogens is 187 g/mol. The SMILES string of the molecule is [B]CC(O)C1CC(C(C)(C)C)C(CC)O1. The average Bonchev–Trinajstić information content (AvgIpc) is 2.59. The molecule has 0 amide bonds. The molecule has 1 heterocycles. The second-order valence-corrected chi connectivity index (χ2v) is 5.63. The number of hydrogen-bond acceptors (Lipinski definition) is 2. The first-order valence-electron chi connectivity index (χ1n) is 5.93. The van der Waals surface area contributed by atoms with Gasteiger partial charge in [0.1, 0.15) is 0 Å². The summed E-state index contributed by atoms with van der Waals surface area (Å²) in [5, 5.41) is 9.70. The molecule has 0 bridgehead atoms. The summed E-state index contributed by atoms with van der Waals surface area (Å²) in [6.45, 7) is 8.85. The van der Waals surface area contributed by atoms with Crippen molar-refractivity contribution in [3.63, 3.8) is 0 Å². The number of hydrogen-bond donors (Lipinski definition) is 1. The molecule has 1 N–H and O–H groups in total. The summed E-state index contributed by atoms with van der Waals surface area (Å²) in [4.78, 5) is 0. The second-order valence-electron chi connectivity index (χ2n) is 5.63. The number of ether oxygens (including phenoxy) is 1. The van der Waals surface area contributed by atoms with Crippen molar-refractivity contribution in [2.24, 2.45) is 11.3 Å². The highest BCUT2D eigenvalue weighted by Gasteiger charge is 2.42. The van der Waals surface area contributed by atoms with Crippen LogP contribution in [0.15, 0.2) is 0 Å². The molecule has 0 saturated carbocycles. The Balaban J connectivity index is 2.67. The molecule has 1 fully saturated rings. The molecule has 1 rings (SSSR count). The van der Waals surface area contributed by atoms with E-state index in [0.717, 1.165) is 12.8 Å². The third-order valence-electron chi connectivity index (χ3n) is 3.47. The average molecular weight is 210 g/mol. The molecule has 0 aliphatic carbocycles. The van der Waals surface area contributed by atoms with E-state index in [1.807, 2.05) is 0 Å². The minimum absolute atomic E-state index is 0.0656. The Hall–Kier alpha value is -0.0151. The number of aliphatic hydroxyl groups excluding tert-OH is 1. The predicted molar refractivity (Wildman–Crippen MR) is 63.1 cm³/mol. The van der Waals surface area contributed by atoms with Gasteiger partial charge in [0.15, 0.2) is 0 Å². The predicted octanol–water partition coefficient (Wildman–Crippen LogP) is 2.16. The Morgan fingerprint density at radius 3 is 2.40 bits per heavy atom. The molecule has 0 aromatic heterocycles. The van der Waals surface area contributed by atoms with E-state index in [1.54, 1.807) is 0 Å². The zero-order valence-electron chi connectivity index (χ0n) is 10.4. The van der Waals surface area contributed by atoms with Gasteiger partial charge in [-0.15, -0.1) is 0 Å². The summed E-state index contributed by atoms with van der Waals surface area (Å²) in [7, 11) is 5.46. The highest BCUT2D eigenvalue weighted by Crippen LogP contribution is 2.41. The van der Waals surface area contributed by atoms with E-state index in [4.69, 9.17) is 12.6 Å². The summed E-state index contributed by atoms with van der Waals surface area (Å²) in [6.07, 6.45) is 1.93. The Kier molecular flexibility index (Phi) is 4.24. The maximum atomic E-state index is 9.70. The second kappa shape index (κ2) is 4.88. The molecule has 4 atom stereocenters. The van der Waals surface area contributed by atoms with Gasteiger partial charge in [-0.1, -0.05) is 34.0 Å². The van der Waals surface area contributed by atoms with Gasteiger partial charge in [-0.25, -0.2) is 0 Å². The van der Waals surface area contributed by atoms with Crippen molar-refractivity contribution in [1.29, 1.82) is 0 Å². The van der Waals surface area contributed by atoms with Gasteiger partial charge in [0.05, 0.1) is 26.2 Å². The van der Waals surface area contributed by atoms with Gasteiger partial charge in [0.2, 0.25) is 0 Å². The fourth-order valence-corrected chi connectivity index (χ4v) is 2.47. The summed E-state index contributed by atoms with van der Waals surface area (Å²) < 4.78 is 5.87. The van der Waals surface area contributed by atoms with Gasteiger partial charge in [0, 0.05) is 0 Å². The summed E-state index contributed by atoms with van der Waals surface area (Å²) in [6, 6.07) is 0. The van der Waals surface area contributed by atoms with Gasteiger partial charge in [-0.05, 0) is 24.2 Å². The maximum Gasteiger partial charge on any atom is 0.0834 e. The Morgan fingerprint density at radius 2 is 2.07 bits per heavy atom. The monoisotopic (exact) mass is 210 g/mol. The summed E-state index contributed by atoms with van der Waals surface area (Å²) in [5.41, 5.74) is 0.240. The molecule has 3 heteroatoms. The lowest BCUT2D eigenvalue weighted by Gasteiger charge is -2.30. The van der Waals surface area contributed by atoms with Gasteiger partial charge in [-0.2, -0.15) is 0 Å². The van der Waals surface area contributed by atoms with Crippen LogP contribution in [0, 0.1) is 11.3 Å². The van der Waals surface area contributed by atoms with Crippen molar-refractivity contribution in [1.82, 2.24) is 0 Å². The molecule has 0 aromatic rings. The smallest absolute Gasteiger partial charge is 0.0834 e. The molecule has 1 saturated heterocycles. The third kappa shape index (κ3) is 2.98. The molecular formula is C12H23BO2. The van der Waals surface area contributed by atoms with Crippen molar-refractivity contribution >= 4 is 7.85 Å². The summed E-state index contributed by atoms with van der Waals surface area (Å²) >= 11 is 0. The molecule has 2 radical (unpaired) electrons. The van der Waals surface area contributed by atoms with E-state index in [-0.39, 0.29) is 23.9 Å². The topological polar surface area (TPSA) is 29.5 Å². The molecule has 15 heavy (non-hydrogen) atoms. The van der Waals surface area contributed by atoms with E-state index in [2.05, 4.69) is 27.7 Å². The van der Waals surface area contributed by atoms with E-state index in [9.17, 15) is 5.11 Å². The lowest BCUT2D eigenvalue weighted by atomic mass is 9.75. The van der Waals surface area contributed by atoms with Crippen LogP contribution in [0.5, 0.6) is 0 Å². The Morgan fingerprint density at radius 1 is 1.47 bits per heavy atom. The van der Waals surface area contributed by atoms with E-state index >= 15 is 0 Å². The zero-order valence-corrected chi connectivity index (χ0v) is 10.4. The van der Waals surface area contributed by atoms with E-state index in [0.29, 0.717) is 5.92 Å². The minimum atomic E-state index is -0.508. The number of rotatable bonds is 3. The quantitative estimate of drug-likeness (QED) is 0.723. The number of aliphatic hydroxyl groups is 1. The molecule has 1 aliphatic rings. The maximum absolute atomic E-state index is 9.70. The van der Waals surface area contributed by atoms with E-state index in [1.165, 1.54) is 0 Å². The van der Waals surface area contributed by atoms with Crippen LogP contribution < -0.4 is 0 Å². The normalized spacial score (nSPS) is 34.3. The van der Waals surface area contributed by atoms with Crippen LogP contribution in [-0.4, -0.2) is 31.3 Å². The van der Waals surface area contributed by atoms with Crippen LogP contribution in [0.1, 0.15) is 40.5 Å². The molecule has 1 aliphatic heterocycles. The van der Waals surface area contributed by atoms with Crippen LogP contribution in [0.25, 0.3) is 0 Å². The molecule has 0 aromatic carbocycles. The van der Waals surface area contributed by atoms with Crippen LogP contribution >= 0.6 is 0 Å². The van der Waals surface area contributed by atoms with E-state index < -0.39 is 6.10 Å². The fourth-order valence-electron chi connectivity index (χ4n) is 2.47. The lowest BCUT2D eigenvalue weighted by Crippen LogP contribution is -2.27. The van der Waals surface area contributed by atoms with Crippen molar-refractivity contribution in [2.75, 3.05) is 0 Å².